The Bertz CT molecular complexity index is 1080. The van der Waals surface area contributed by atoms with E-state index in [0.29, 0.717) is 18.5 Å². The third-order valence-corrected chi connectivity index (χ3v) is 6.75. The smallest absolute Gasteiger partial charge is 0.407 e. The van der Waals surface area contributed by atoms with Crippen LogP contribution in [0.4, 0.5) is 4.79 Å². The molecular formula is C27H30N2O5. The SMILES string of the molecule is C/C(=C\CNC(=O)OCC1c2ccccc2-c2ccccc21)C(=O)N1CCC(C)CC1C(=O)O. The van der Waals surface area contributed by atoms with Crippen molar-refractivity contribution in [2.45, 2.75) is 38.6 Å². The first kappa shape index (κ1) is 23.5. The lowest BCUT2D eigenvalue weighted by atomic mass is 9.92. The van der Waals surface area contributed by atoms with Gasteiger partial charge in [0.1, 0.15) is 12.6 Å². The molecule has 7 heteroatoms. The second-order valence-corrected chi connectivity index (χ2v) is 9.08. The van der Waals surface area contributed by atoms with Crippen LogP contribution in [-0.2, 0) is 14.3 Å². The number of piperidine rings is 1. The summed E-state index contributed by atoms with van der Waals surface area (Å²) in [6, 6.07) is 15.5. The molecular weight excluding hydrogens is 432 g/mol. The van der Waals surface area contributed by atoms with Crippen molar-refractivity contribution >= 4 is 18.0 Å². The van der Waals surface area contributed by atoms with Crippen LogP contribution in [0.1, 0.15) is 43.7 Å². The number of nitrogens with one attached hydrogen (secondary N) is 1. The number of carboxylic acid groups (broad SMARTS) is 1. The summed E-state index contributed by atoms with van der Waals surface area (Å²) in [4.78, 5) is 38.1. The summed E-state index contributed by atoms with van der Waals surface area (Å²) in [5.41, 5.74) is 5.01. The van der Waals surface area contributed by atoms with E-state index in [1.165, 1.54) is 4.90 Å². The summed E-state index contributed by atoms with van der Waals surface area (Å²) in [6.45, 7) is 4.39. The number of amides is 2. The Morgan fingerprint density at radius 1 is 1.09 bits per heavy atom. The van der Waals surface area contributed by atoms with Crippen molar-refractivity contribution in [2.24, 2.45) is 5.92 Å². The maximum atomic E-state index is 12.8. The van der Waals surface area contributed by atoms with Gasteiger partial charge in [0, 0.05) is 24.6 Å². The molecule has 2 N–H and O–H groups in total. The van der Waals surface area contributed by atoms with Crippen molar-refractivity contribution in [3.8, 4) is 11.1 Å². The van der Waals surface area contributed by atoms with Crippen molar-refractivity contribution in [3.63, 3.8) is 0 Å². The van der Waals surface area contributed by atoms with E-state index in [1.54, 1.807) is 13.0 Å². The Hall–Kier alpha value is -3.61. The van der Waals surface area contributed by atoms with Gasteiger partial charge in [-0.3, -0.25) is 4.79 Å². The molecule has 1 aliphatic carbocycles. The molecule has 2 amide bonds. The first-order chi connectivity index (χ1) is 16.4. The molecule has 2 atom stereocenters. The summed E-state index contributed by atoms with van der Waals surface area (Å²) in [5.74, 6) is -1.05. The molecule has 4 rings (SSSR count). The lowest BCUT2D eigenvalue weighted by Crippen LogP contribution is -2.50. The summed E-state index contributed by atoms with van der Waals surface area (Å²) in [7, 11) is 0. The first-order valence-electron chi connectivity index (χ1n) is 11.7. The van der Waals surface area contributed by atoms with Crippen LogP contribution in [0, 0.1) is 5.92 Å². The van der Waals surface area contributed by atoms with E-state index in [-0.39, 0.29) is 30.9 Å². The van der Waals surface area contributed by atoms with Gasteiger partial charge in [-0.25, -0.2) is 9.59 Å². The molecule has 34 heavy (non-hydrogen) atoms. The van der Waals surface area contributed by atoms with Crippen molar-refractivity contribution < 1.29 is 24.2 Å². The van der Waals surface area contributed by atoms with Crippen LogP contribution in [0.15, 0.2) is 60.2 Å². The summed E-state index contributed by atoms with van der Waals surface area (Å²) in [5, 5.41) is 12.2. The van der Waals surface area contributed by atoms with Gasteiger partial charge < -0.3 is 20.1 Å². The molecule has 1 fully saturated rings. The summed E-state index contributed by atoms with van der Waals surface area (Å²) >= 11 is 0. The van der Waals surface area contributed by atoms with Gasteiger partial charge in [-0.1, -0.05) is 61.5 Å². The fourth-order valence-electron chi connectivity index (χ4n) is 4.87. The molecule has 1 aliphatic heterocycles. The number of likely N-dealkylation sites (tertiary alicyclic amines) is 1. The number of carbonyl (C=O) groups is 3. The van der Waals surface area contributed by atoms with Gasteiger partial charge in [0.15, 0.2) is 0 Å². The van der Waals surface area contributed by atoms with Crippen LogP contribution < -0.4 is 5.32 Å². The van der Waals surface area contributed by atoms with E-state index in [4.69, 9.17) is 4.74 Å². The largest absolute Gasteiger partial charge is 0.480 e. The number of ether oxygens (including phenoxy) is 1. The number of carbonyl (C=O) groups excluding carboxylic acids is 2. The number of aliphatic carboxylic acids is 1. The molecule has 1 heterocycles. The molecule has 0 aromatic heterocycles. The zero-order valence-corrected chi connectivity index (χ0v) is 19.5. The molecule has 0 bridgehead atoms. The summed E-state index contributed by atoms with van der Waals surface area (Å²) in [6.07, 6.45) is 2.27. The number of alkyl carbamates (subject to hydrolysis) is 1. The highest BCUT2D eigenvalue weighted by atomic mass is 16.5. The number of nitrogens with zero attached hydrogens (tertiary/aromatic N) is 1. The fourth-order valence-corrected chi connectivity index (χ4v) is 4.87. The molecule has 178 valence electrons. The predicted molar refractivity (Wildman–Crippen MR) is 128 cm³/mol. The number of hydrogen-bond acceptors (Lipinski definition) is 4. The highest BCUT2D eigenvalue weighted by Crippen LogP contribution is 2.44. The average Bonchev–Trinajstić information content (AvgIpc) is 3.16. The Kier molecular flexibility index (Phi) is 7.01. The van der Waals surface area contributed by atoms with E-state index >= 15 is 0 Å². The number of benzene rings is 2. The van der Waals surface area contributed by atoms with Gasteiger partial charge in [0.05, 0.1) is 0 Å². The normalized spacial score (nSPS) is 19.8. The van der Waals surface area contributed by atoms with Crippen molar-refractivity contribution in [3.05, 3.63) is 71.3 Å². The van der Waals surface area contributed by atoms with Crippen LogP contribution in [0.3, 0.4) is 0 Å². The number of carboxylic acids is 1. The zero-order valence-electron chi connectivity index (χ0n) is 19.5. The van der Waals surface area contributed by atoms with Crippen molar-refractivity contribution in [1.82, 2.24) is 10.2 Å². The minimum Gasteiger partial charge on any atom is -0.480 e. The Balaban J connectivity index is 1.31. The van der Waals surface area contributed by atoms with Gasteiger partial charge in [-0.05, 0) is 47.9 Å². The third kappa shape index (κ3) is 4.83. The minimum atomic E-state index is -0.982. The van der Waals surface area contributed by atoms with Gasteiger partial charge in [0.25, 0.3) is 0 Å². The molecule has 2 unspecified atom stereocenters. The van der Waals surface area contributed by atoms with Gasteiger partial charge in [-0.15, -0.1) is 0 Å². The average molecular weight is 463 g/mol. The second-order valence-electron chi connectivity index (χ2n) is 9.08. The minimum absolute atomic E-state index is 0.0218. The van der Waals surface area contributed by atoms with Gasteiger partial charge in [0.2, 0.25) is 5.91 Å². The predicted octanol–water partition coefficient (Wildman–Crippen LogP) is 4.18. The molecule has 7 nitrogen and oxygen atoms in total. The first-order valence-corrected chi connectivity index (χ1v) is 11.7. The third-order valence-electron chi connectivity index (χ3n) is 6.75. The summed E-state index contributed by atoms with van der Waals surface area (Å²) < 4.78 is 5.51. The standard InChI is InChI=1S/C27H30N2O5/c1-17-12-14-29(24(15-17)26(31)32)25(30)18(2)11-13-28-27(33)34-16-23-21-9-5-3-7-19(21)20-8-4-6-10-22(20)23/h3-11,17,23-24H,12-16H2,1-2H3,(H,28,33)(H,31,32)/b18-11+. The van der Waals surface area contributed by atoms with Crippen molar-refractivity contribution in [1.29, 1.82) is 0 Å². The fraction of sp³-hybridized carbons (Fsp3) is 0.370. The molecule has 2 aromatic rings. The maximum absolute atomic E-state index is 12.8. The van der Waals surface area contributed by atoms with Crippen LogP contribution in [-0.4, -0.2) is 53.7 Å². The van der Waals surface area contributed by atoms with E-state index in [2.05, 4.69) is 29.6 Å². The lowest BCUT2D eigenvalue weighted by molar-refractivity contribution is -0.151. The maximum Gasteiger partial charge on any atom is 0.407 e. The van der Waals surface area contributed by atoms with Crippen LogP contribution in [0.5, 0.6) is 0 Å². The van der Waals surface area contributed by atoms with Gasteiger partial charge in [-0.2, -0.15) is 0 Å². The molecule has 1 saturated heterocycles. The molecule has 2 aliphatic rings. The van der Waals surface area contributed by atoms with E-state index in [1.807, 2.05) is 31.2 Å². The Morgan fingerprint density at radius 3 is 2.32 bits per heavy atom. The van der Waals surface area contributed by atoms with Crippen LogP contribution in [0.2, 0.25) is 0 Å². The van der Waals surface area contributed by atoms with E-state index in [0.717, 1.165) is 28.7 Å². The highest BCUT2D eigenvalue weighted by molar-refractivity contribution is 5.95. The quantitative estimate of drug-likeness (QED) is 0.628. The molecule has 0 radical (unpaired) electrons. The second kappa shape index (κ2) is 10.1. The zero-order chi connectivity index (χ0) is 24.2. The van der Waals surface area contributed by atoms with Gasteiger partial charge >= 0.3 is 12.1 Å². The van der Waals surface area contributed by atoms with Crippen LogP contribution >= 0.6 is 0 Å². The Labute approximate surface area is 199 Å². The van der Waals surface area contributed by atoms with Crippen molar-refractivity contribution in [2.75, 3.05) is 19.7 Å². The van der Waals surface area contributed by atoms with E-state index in [9.17, 15) is 19.5 Å². The number of fused-ring (bicyclic) bond motifs is 3. The number of rotatable bonds is 6. The molecule has 0 spiro atoms. The number of hydrogen-bond donors (Lipinski definition) is 2. The van der Waals surface area contributed by atoms with E-state index < -0.39 is 18.1 Å². The molecule has 2 aromatic carbocycles. The monoisotopic (exact) mass is 462 g/mol. The topological polar surface area (TPSA) is 95.9 Å². The molecule has 0 saturated carbocycles. The van der Waals surface area contributed by atoms with Crippen LogP contribution in [0.25, 0.3) is 11.1 Å². The Morgan fingerprint density at radius 2 is 1.71 bits per heavy atom. The lowest BCUT2D eigenvalue weighted by Gasteiger charge is -2.36. The highest BCUT2D eigenvalue weighted by Gasteiger charge is 2.35.